The van der Waals surface area contributed by atoms with E-state index in [1.807, 2.05) is 36.3 Å². The minimum atomic E-state index is -0.0682. The molecule has 1 spiro atoms. The van der Waals surface area contributed by atoms with Gasteiger partial charge in [-0.1, -0.05) is 18.2 Å². The zero-order valence-electron chi connectivity index (χ0n) is 13.4. The quantitative estimate of drug-likeness (QED) is 0.727. The van der Waals surface area contributed by atoms with Crippen molar-refractivity contribution in [2.24, 2.45) is 7.05 Å². The molecule has 1 aliphatic heterocycles. The van der Waals surface area contributed by atoms with E-state index in [4.69, 9.17) is 4.42 Å². The molecule has 2 aliphatic rings. The van der Waals surface area contributed by atoms with Crippen molar-refractivity contribution in [1.29, 1.82) is 0 Å². The maximum absolute atomic E-state index is 13.0. The van der Waals surface area contributed by atoms with E-state index in [-0.39, 0.29) is 11.3 Å². The molecule has 24 heavy (non-hydrogen) atoms. The summed E-state index contributed by atoms with van der Waals surface area (Å²) in [5.74, 6) is 0.975. The monoisotopic (exact) mass is 319 g/mol. The number of hydrogen-bond acceptors (Lipinski definition) is 3. The van der Waals surface area contributed by atoms with Crippen molar-refractivity contribution in [3.8, 4) is 11.3 Å². The lowest BCUT2D eigenvalue weighted by molar-refractivity contribution is 0.0961. The largest absolute Gasteiger partial charge is 0.451 e. The third kappa shape index (κ3) is 1.87. The highest BCUT2D eigenvalue weighted by molar-refractivity contribution is 6.06. The van der Waals surface area contributed by atoms with Crippen molar-refractivity contribution in [2.75, 3.05) is 11.4 Å². The molecule has 1 fully saturated rings. The molecule has 0 bridgehead atoms. The van der Waals surface area contributed by atoms with E-state index in [1.54, 1.807) is 16.9 Å². The summed E-state index contributed by atoms with van der Waals surface area (Å²) in [7, 11) is 1.86. The maximum atomic E-state index is 13.0. The number of carbonyl (C=O) groups excluding carboxylic acids is 1. The van der Waals surface area contributed by atoms with Crippen molar-refractivity contribution in [3.63, 3.8) is 0 Å². The highest BCUT2D eigenvalue weighted by atomic mass is 16.4. The van der Waals surface area contributed by atoms with E-state index in [1.165, 1.54) is 5.56 Å². The van der Waals surface area contributed by atoms with Gasteiger partial charge >= 0.3 is 0 Å². The Hall–Kier alpha value is -2.82. The minimum Gasteiger partial charge on any atom is -0.451 e. The minimum absolute atomic E-state index is 0.0682. The van der Waals surface area contributed by atoms with Crippen LogP contribution in [0.2, 0.25) is 0 Å². The van der Waals surface area contributed by atoms with Crippen molar-refractivity contribution in [3.05, 3.63) is 60.1 Å². The van der Waals surface area contributed by atoms with Crippen LogP contribution >= 0.6 is 0 Å². The van der Waals surface area contributed by atoms with Crippen LogP contribution in [0.5, 0.6) is 0 Å². The number of rotatable bonds is 2. The molecule has 3 heterocycles. The van der Waals surface area contributed by atoms with E-state index in [0.717, 1.165) is 30.6 Å². The second kappa shape index (κ2) is 4.60. The summed E-state index contributed by atoms with van der Waals surface area (Å²) in [5, 5.41) is 4.14. The standard InChI is InChI=1S/C19H17N3O2/c1-21-11-13(10-20-21)16-6-7-17(24-16)18(23)22-12-19(8-9-19)14-4-2-3-5-15(14)22/h2-7,10-11H,8-9,12H2,1H3. The average molecular weight is 319 g/mol. The lowest BCUT2D eigenvalue weighted by atomic mass is 9.99. The van der Waals surface area contributed by atoms with Gasteiger partial charge in [-0.15, -0.1) is 0 Å². The van der Waals surface area contributed by atoms with Crippen LogP contribution in [0, 0.1) is 0 Å². The van der Waals surface area contributed by atoms with Crippen LogP contribution in [0.4, 0.5) is 5.69 Å². The first-order valence-corrected chi connectivity index (χ1v) is 8.17. The third-order valence-electron chi connectivity index (χ3n) is 5.13. The number of hydrogen-bond donors (Lipinski definition) is 0. The van der Waals surface area contributed by atoms with E-state index in [0.29, 0.717) is 11.5 Å². The smallest absolute Gasteiger partial charge is 0.294 e. The fourth-order valence-corrected chi connectivity index (χ4v) is 3.68. The molecule has 1 aliphatic carbocycles. The number of anilines is 1. The summed E-state index contributed by atoms with van der Waals surface area (Å²) in [5.41, 5.74) is 3.39. The van der Waals surface area contributed by atoms with Gasteiger partial charge in [-0.05, 0) is 36.6 Å². The summed E-state index contributed by atoms with van der Waals surface area (Å²) in [6, 6.07) is 11.8. The molecule has 0 atom stereocenters. The number of benzene rings is 1. The molecule has 0 N–H and O–H groups in total. The van der Waals surface area contributed by atoms with E-state index in [2.05, 4.69) is 17.2 Å². The first kappa shape index (κ1) is 13.6. The predicted molar refractivity (Wildman–Crippen MR) is 89.9 cm³/mol. The normalized spacial score (nSPS) is 17.3. The summed E-state index contributed by atoms with van der Waals surface area (Å²) in [6.45, 7) is 0.758. The highest BCUT2D eigenvalue weighted by Crippen LogP contribution is 2.56. The molecule has 5 nitrogen and oxygen atoms in total. The Morgan fingerprint density at radius 3 is 2.79 bits per heavy atom. The summed E-state index contributed by atoms with van der Waals surface area (Å²) < 4.78 is 7.53. The second-order valence-electron chi connectivity index (χ2n) is 6.76. The molecule has 1 amide bonds. The number of amides is 1. The lowest BCUT2D eigenvalue weighted by Gasteiger charge is -2.16. The van der Waals surface area contributed by atoms with Gasteiger partial charge in [0, 0.05) is 30.9 Å². The molecule has 1 aromatic carbocycles. The SMILES string of the molecule is Cn1cc(-c2ccc(C(=O)N3CC4(CC4)c4ccccc43)o2)cn1. The van der Waals surface area contributed by atoms with Gasteiger partial charge < -0.3 is 9.32 Å². The molecule has 2 aromatic heterocycles. The molecular formula is C19H17N3O2. The van der Waals surface area contributed by atoms with Crippen LogP contribution in [-0.2, 0) is 12.5 Å². The van der Waals surface area contributed by atoms with Gasteiger partial charge in [0.2, 0.25) is 0 Å². The maximum Gasteiger partial charge on any atom is 0.294 e. The van der Waals surface area contributed by atoms with Crippen molar-refractivity contribution in [1.82, 2.24) is 9.78 Å². The third-order valence-corrected chi connectivity index (χ3v) is 5.13. The number of aromatic nitrogens is 2. The molecule has 120 valence electrons. The molecule has 5 rings (SSSR count). The Morgan fingerprint density at radius 2 is 2.04 bits per heavy atom. The Labute approximate surface area is 139 Å². The number of furan rings is 1. The number of nitrogens with zero attached hydrogens (tertiary/aromatic N) is 3. The number of carbonyl (C=O) groups is 1. The van der Waals surface area contributed by atoms with Crippen molar-refractivity contribution in [2.45, 2.75) is 18.3 Å². The Morgan fingerprint density at radius 1 is 1.21 bits per heavy atom. The van der Waals surface area contributed by atoms with Crippen molar-refractivity contribution >= 4 is 11.6 Å². The van der Waals surface area contributed by atoms with Gasteiger partial charge in [0.1, 0.15) is 5.76 Å². The first-order valence-electron chi connectivity index (χ1n) is 8.17. The van der Waals surface area contributed by atoms with Gasteiger partial charge in [-0.3, -0.25) is 9.48 Å². The van der Waals surface area contributed by atoms with E-state index >= 15 is 0 Å². The van der Waals surface area contributed by atoms with Crippen LogP contribution in [-0.4, -0.2) is 22.2 Å². The van der Waals surface area contributed by atoms with Gasteiger partial charge in [-0.2, -0.15) is 5.10 Å². The fraction of sp³-hybridized carbons (Fsp3) is 0.263. The molecule has 5 heteroatoms. The molecule has 1 saturated carbocycles. The van der Waals surface area contributed by atoms with Crippen LogP contribution in [0.1, 0.15) is 29.0 Å². The lowest BCUT2D eigenvalue weighted by Crippen LogP contribution is -2.31. The first-order chi connectivity index (χ1) is 11.7. The summed E-state index contributed by atoms with van der Waals surface area (Å²) >= 11 is 0. The van der Waals surface area contributed by atoms with Crippen LogP contribution < -0.4 is 4.90 Å². The number of para-hydroxylation sites is 1. The topological polar surface area (TPSA) is 51.3 Å². The van der Waals surface area contributed by atoms with Crippen LogP contribution in [0.3, 0.4) is 0 Å². The molecule has 3 aromatic rings. The van der Waals surface area contributed by atoms with Crippen LogP contribution in [0.25, 0.3) is 11.3 Å². The molecular weight excluding hydrogens is 302 g/mol. The molecule has 0 unspecified atom stereocenters. The zero-order chi connectivity index (χ0) is 16.3. The van der Waals surface area contributed by atoms with Gasteiger partial charge in [0.05, 0.1) is 11.8 Å². The Balaban J connectivity index is 1.49. The number of fused-ring (bicyclic) bond motifs is 2. The van der Waals surface area contributed by atoms with Crippen LogP contribution in [0.15, 0.2) is 53.2 Å². The van der Waals surface area contributed by atoms with Crippen molar-refractivity contribution < 1.29 is 9.21 Å². The van der Waals surface area contributed by atoms with Gasteiger partial charge in [0.15, 0.2) is 5.76 Å². The molecule has 0 radical (unpaired) electrons. The summed E-state index contributed by atoms with van der Waals surface area (Å²) in [6.07, 6.45) is 5.93. The van der Waals surface area contributed by atoms with E-state index in [9.17, 15) is 4.79 Å². The Bertz CT molecular complexity index is 949. The zero-order valence-corrected chi connectivity index (χ0v) is 13.4. The second-order valence-corrected chi connectivity index (χ2v) is 6.76. The Kier molecular flexibility index (Phi) is 2.61. The van der Waals surface area contributed by atoms with Gasteiger partial charge in [0.25, 0.3) is 5.91 Å². The fourth-order valence-electron chi connectivity index (χ4n) is 3.68. The highest BCUT2D eigenvalue weighted by Gasteiger charge is 2.53. The summed E-state index contributed by atoms with van der Waals surface area (Å²) in [4.78, 5) is 14.9. The van der Waals surface area contributed by atoms with Gasteiger partial charge in [-0.25, -0.2) is 0 Å². The average Bonchev–Trinajstić information content (AvgIpc) is 2.94. The van der Waals surface area contributed by atoms with E-state index < -0.39 is 0 Å². The predicted octanol–water partition coefficient (Wildman–Crippen LogP) is 3.37. The molecule has 0 saturated heterocycles. The number of aryl methyl sites for hydroxylation is 1.